The number of nitrogens with zero attached hydrogens (tertiary/aromatic N) is 3. The van der Waals surface area contributed by atoms with Crippen LogP contribution in [0.25, 0.3) is 11.1 Å². The van der Waals surface area contributed by atoms with Crippen molar-refractivity contribution in [1.29, 1.82) is 0 Å². The van der Waals surface area contributed by atoms with E-state index in [9.17, 15) is 9.59 Å². The number of benzene rings is 2. The van der Waals surface area contributed by atoms with Crippen molar-refractivity contribution < 1.29 is 9.59 Å². The topological polar surface area (TPSA) is 62.1 Å². The maximum absolute atomic E-state index is 13.8. The predicted molar refractivity (Wildman–Crippen MR) is 144 cm³/mol. The molecule has 3 heterocycles. The second-order valence-electron chi connectivity index (χ2n) is 8.09. The van der Waals surface area contributed by atoms with Gasteiger partial charge in [-0.05, 0) is 69.3 Å². The molecule has 4 aromatic rings. The van der Waals surface area contributed by atoms with E-state index >= 15 is 0 Å². The SMILES string of the molecule is Cc1cc(C2=C(c3cc(Cl)sc3C)C(=O)N(c3ccc(N=Nc4ccccc4)cc3)C2=O)c(C)s1. The van der Waals surface area contributed by atoms with E-state index in [4.69, 9.17) is 11.6 Å². The highest BCUT2D eigenvalue weighted by Crippen LogP contribution is 2.44. The monoisotopic (exact) mass is 517 g/mol. The van der Waals surface area contributed by atoms with Crippen LogP contribution in [0.1, 0.15) is 25.8 Å². The van der Waals surface area contributed by atoms with Gasteiger partial charge in [-0.3, -0.25) is 9.59 Å². The zero-order chi connectivity index (χ0) is 24.7. The molecule has 0 saturated carbocycles. The average molecular weight is 518 g/mol. The fraction of sp³-hybridized carbons (Fsp3) is 0.111. The lowest BCUT2D eigenvalue weighted by molar-refractivity contribution is -0.119. The number of hydrogen-bond donors (Lipinski definition) is 0. The molecular formula is C27H20ClN3O2S2. The third-order valence-electron chi connectivity index (χ3n) is 5.70. The molecule has 2 aromatic heterocycles. The number of aryl methyl sites for hydroxylation is 3. The zero-order valence-corrected chi connectivity index (χ0v) is 21.6. The Kier molecular flexibility index (Phi) is 6.23. The summed E-state index contributed by atoms with van der Waals surface area (Å²) in [7, 11) is 0. The van der Waals surface area contributed by atoms with Crippen LogP contribution in [-0.4, -0.2) is 11.8 Å². The van der Waals surface area contributed by atoms with Gasteiger partial charge in [-0.1, -0.05) is 29.8 Å². The summed E-state index contributed by atoms with van der Waals surface area (Å²) in [6.45, 7) is 5.88. The number of thiophene rings is 2. The van der Waals surface area contributed by atoms with Crippen molar-refractivity contribution in [3.05, 3.63) is 96.8 Å². The predicted octanol–water partition coefficient (Wildman–Crippen LogP) is 8.29. The smallest absolute Gasteiger partial charge is 0.266 e. The van der Waals surface area contributed by atoms with Crippen LogP contribution in [0.3, 0.4) is 0 Å². The van der Waals surface area contributed by atoms with E-state index in [1.54, 1.807) is 41.7 Å². The molecule has 1 aliphatic heterocycles. The van der Waals surface area contributed by atoms with Crippen molar-refractivity contribution in [3.63, 3.8) is 0 Å². The molecule has 2 aromatic carbocycles. The van der Waals surface area contributed by atoms with Gasteiger partial charge in [-0.2, -0.15) is 10.2 Å². The van der Waals surface area contributed by atoms with Gasteiger partial charge in [0.15, 0.2) is 0 Å². The Labute approximate surface area is 216 Å². The number of halogens is 1. The van der Waals surface area contributed by atoms with Crippen molar-refractivity contribution in [2.24, 2.45) is 10.2 Å². The molecule has 0 fully saturated rings. The first-order chi connectivity index (χ1) is 16.8. The molecule has 0 spiro atoms. The average Bonchev–Trinajstić information content (AvgIpc) is 3.44. The Morgan fingerprint density at radius 1 is 0.714 bits per heavy atom. The summed E-state index contributed by atoms with van der Waals surface area (Å²) in [5.41, 5.74) is 4.15. The zero-order valence-electron chi connectivity index (χ0n) is 19.2. The van der Waals surface area contributed by atoms with Crippen LogP contribution in [0.4, 0.5) is 17.1 Å². The van der Waals surface area contributed by atoms with Crippen LogP contribution in [0.2, 0.25) is 4.34 Å². The van der Waals surface area contributed by atoms with Crippen LogP contribution in [0, 0.1) is 20.8 Å². The Morgan fingerprint density at radius 3 is 1.77 bits per heavy atom. The summed E-state index contributed by atoms with van der Waals surface area (Å²) in [6, 6.07) is 20.1. The van der Waals surface area contributed by atoms with Gasteiger partial charge < -0.3 is 0 Å². The standard InChI is InChI=1S/C27H20ClN3O2S2/c1-15-13-21(16(2)34-15)24-25(22-14-23(28)35-17(22)3)27(33)31(26(24)32)20-11-9-19(10-12-20)30-29-18-7-5-4-6-8-18/h4-14H,1-3H3. The number of carbonyl (C=O) groups is 2. The highest BCUT2D eigenvalue weighted by Gasteiger charge is 2.42. The van der Waals surface area contributed by atoms with E-state index in [-0.39, 0.29) is 11.8 Å². The number of carbonyl (C=O) groups excluding carboxylic acids is 2. The molecule has 0 unspecified atom stereocenters. The van der Waals surface area contributed by atoms with Crippen LogP contribution in [0.15, 0.2) is 77.0 Å². The second-order valence-corrected chi connectivity index (χ2v) is 11.4. The van der Waals surface area contributed by atoms with E-state index in [0.29, 0.717) is 32.4 Å². The van der Waals surface area contributed by atoms with Crippen molar-refractivity contribution in [2.45, 2.75) is 20.8 Å². The van der Waals surface area contributed by atoms with Crippen molar-refractivity contribution in [2.75, 3.05) is 4.90 Å². The van der Waals surface area contributed by atoms with Crippen LogP contribution < -0.4 is 4.90 Å². The van der Waals surface area contributed by atoms with Gasteiger partial charge in [0.05, 0.1) is 32.5 Å². The second kappa shape index (κ2) is 9.34. The van der Waals surface area contributed by atoms with E-state index in [2.05, 4.69) is 10.2 Å². The molecule has 0 radical (unpaired) electrons. The van der Waals surface area contributed by atoms with Gasteiger partial charge in [0.1, 0.15) is 0 Å². The minimum Gasteiger partial charge on any atom is -0.268 e. The first-order valence-corrected chi connectivity index (χ1v) is 12.9. The third-order valence-corrected chi connectivity index (χ3v) is 7.84. The number of hydrogen-bond acceptors (Lipinski definition) is 6. The minimum atomic E-state index is -0.357. The van der Waals surface area contributed by atoms with Crippen LogP contribution in [0.5, 0.6) is 0 Å². The number of anilines is 1. The summed E-state index contributed by atoms with van der Waals surface area (Å²) in [5, 5.41) is 8.47. The summed E-state index contributed by atoms with van der Waals surface area (Å²) >= 11 is 9.27. The lowest BCUT2D eigenvalue weighted by Crippen LogP contribution is -2.31. The lowest BCUT2D eigenvalue weighted by atomic mass is 9.97. The first kappa shape index (κ1) is 23.4. The van der Waals surface area contributed by atoms with Crippen LogP contribution >= 0.6 is 34.3 Å². The summed E-state index contributed by atoms with van der Waals surface area (Å²) in [5.74, 6) is -0.698. The molecule has 5 nitrogen and oxygen atoms in total. The summed E-state index contributed by atoms with van der Waals surface area (Å²) < 4.78 is 0.578. The number of imide groups is 1. The molecule has 8 heteroatoms. The minimum absolute atomic E-state index is 0.341. The molecule has 174 valence electrons. The third kappa shape index (κ3) is 4.38. The van der Waals surface area contributed by atoms with Crippen LogP contribution in [-0.2, 0) is 9.59 Å². The van der Waals surface area contributed by atoms with E-state index in [0.717, 1.165) is 25.9 Å². The van der Waals surface area contributed by atoms with Gasteiger partial charge in [0.25, 0.3) is 11.8 Å². The molecule has 0 saturated heterocycles. The molecule has 0 bridgehead atoms. The van der Waals surface area contributed by atoms with Crippen molar-refractivity contribution >= 4 is 74.3 Å². The summed E-state index contributed by atoms with van der Waals surface area (Å²) in [6.07, 6.45) is 0. The Balaban J connectivity index is 1.54. The first-order valence-electron chi connectivity index (χ1n) is 10.9. The molecule has 5 rings (SSSR count). The highest BCUT2D eigenvalue weighted by atomic mass is 35.5. The Hall–Kier alpha value is -3.39. The summed E-state index contributed by atoms with van der Waals surface area (Å²) in [4.78, 5) is 31.7. The molecule has 2 amide bonds. The highest BCUT2D eigenvalue weighted by molar-refractivity contribution is 7.16. The molecular weight excluding hydrogens is 498 g/mol. The molecule has 0 N–H and O–H groups in total. The van der Waals surface area contributed by atoms with Gasteiger partial charge in [0.2, 0.25) is 0 Å². The van der Waals surface area contributed by atoms with Gasteiger partial charge in [-0.25, -0.2) is 4.90 Å². The molecule has 1 aliphatic rings. The Bertz CT molecular complexity index is 1450. The number of rotatable bonds is 5. The number of amides is 2. The van der Waals surface area contributed by atoms with E-state index in [1.807, 2.05) is 57.2 Å². The number of azo groups is 1. The molecule has 35 heavy (non-hydrogen) atoms. The largest absolute Gasteiger partial charge is 0.268 e. The van der Waals surface area contributed by atoms with Gasteiger partial charge in [-0.15, -0.1) is 22.7 Å². The fourth-order valence-electron chi connectivity index (χ4n) is 4.12. The van der Waals surface area contributed by atoms with E-state index < -0.39 is 0 Å². The Morgan fingerprint density at radius 2 is 1.26 bits per heavy atom. The van der Waals surface area contributed by atoms with Gasteiger partial charge in [0, 0.05) is 25.8 Å². The maximum Gasteiger partial charge on any atom is 0.266 e. The molecule has 0 atom stereocenters. The fourth-order valence-corrected chi connectivity index (χ4v) is 6.24. The van der Waals surface area contributed by atoms with Gasteiger partial charge >= 0.3 is 0 Å². The quantitative estimate of drug-likeness (QED) is 0.197. The molecule has 0 aliphatic carbocycles. The van der Waals surface area contributed by atoms with Crippen molar-refractivity contribution in [1.82, 2.24) is 0 Å². The maximum atomic E-state index is 13.8. The lowest BCUT2D eigenvalue weighted by Gasteiger charge is -2.15. The van der Waals surface area contributed by atoms with E-state index in [1.165, 1.54) is 16.2 Å². The van der Waals surface area contributed by atoms with Crippen molar-refractivity contribution in [3.8, 4) is 0 Å². The normalized spacial score (nSPS) is 14.1.